The minimum Gasteiger partial charge on any atom is -0.573 e. The second-order valence-corrected chi connectivity index (χ2v) is 9.65. The van der Waals surface area contributed by atoms with Crippen molar-refractivity contribution < 1.29 is 42.4 Å². The van der Waals surface area contributed by atoms with Crippen LogP contribution in [-0.2, 0) is 40.4 Å². The summed E-state index contributed by atoms with van der Waals surface area (Å²) in [5.41, 5.74) is 6.43. The molecule has 0 unspecified atom stereocenters. The number of benzene rings is 2. The van der Waals surface area contributed by atoms with Gasteiger partial charge in [0.05, 0.1) is 14.1 Å². The van der Waals surface area contributed by atoms with Crippen molar-refractivity contribution in [3.63, 3.8) is 0 Å². The van der Waals surface area contributed by atoms with Crippen molar-refractivity contribution >= 4 is 0 Å². The van der Waals surface area contributed by atoms with Gasteiger partial charge in [-0.05, 0) is 45.9 Å². The maximum atomic E-state index is 12.2. The SMILES string of the molecule is Cc1c(C)[n+](C)[c-]n1-c1[c-]cccc1.Cc1c(C)[n+](C)[c-]n1-c1[c-]cccc1.FC(F)(F)c1cc(-c2ccccn2)[n-]n1.[Ir]. The molecule has 6 aromatic rings. The molecule has 6 rings (SSSR count). The van der Waals surface area contributed by atoms with Crippen molar-refractivity contribution in [2.24, 2.45) is 14.1 Å². The summed E-state index contributed by atoms with van der Waals surface area (Å²) in [5.74, 6) is 0. The number of nitrogens with zero attached hydrogens (tertiary/aromatic N) is 7. The van der Waals surface area contributed by atoms with Gasteiger partial charge in [0.15, 0.2) is 0 Å². The fourth-order valence-electron chi connectivity index (χ4n) is 4.00. The third-order valence-corrected chi connectivity index (χ3v) is 6.85. The van der Waals surface area contributed by atoms with Crippen LogP contribution in [0.4, 0.5) is 13.2 Å². The van der Waals surface area contributed by atoms with Gasteiger partial charge in [0.1, 0.15) is 5.69 Å². The summed E-state index contributed by atoms with van der Waals surface area (Å²) in [6.07, 6.45) is 3.49. The van der Waals surface area contributed by atoms with Crippen LogP contribution in [0.2, 0.25) is 0 Å². The maximum Gasteiger partial charge on any atom is 0.431 e. The first-order chi connectivity index (χ1) is 20.5. The molecule has 1 radical (unpaired) electrons. The minimum absolute atomic E-state index is 0. The number of pyridine rings is 1. The first-order valence-electron chi connectivity index (χ1n) is 13.3. The van der Waals surface area contributed by atoms with Crippen molar-refractivity contribution in [3.8, 4) is 22.8 Å². The van der Waals surface area contributed by atoms with E-state index in [-0.39, 0.29) is 25.8 Å². The number of aromatic nitrogens is 7. The molecule has 0 aliphatic heterocycles. The first kappa shape index (κ1) is 34.2. The third-order valence-electron chi connectivity index (χ3n) is 6.85. The van der Waals surface area contributed by atoms with E-state index >= 15 is 0 Å². The summed E-state index contributed by atoms with van der Waals surface area (Å²) >= 11 is 0. The topological polar surface area (TPSA) is 57.5 Å². The summed E-state index contributed by atoms with van der Waals surface area (Å²) in [6, 6.07) is 28.0. The molecule has 4 heterocycles. The second kappa shape index (κ2) is 14.9. The molecule has 4 aromatic heterocycles. The van der Waals surface area contributed by atoms with E-state index in [0.717, 1.165) is 17.4 Å². The van der Waals surface area contributed by atoms with Crippen molar-refractivity contribution in [3.05, 3.63) is 132 Å². The predicted molar refractivity (Wildman–Crippen MR) is 154 cm³/mol. The van der Waals surface area contributed by atoms with Gasteiger partial charge in [-0.1, -0.05) is 23.1 Å². The molecule has 231 valence electrons. The van der Waals surface area contributed by atoms with E-state index in [2.05, 4.69) is 67.7 Å². The van der Waals surface area contributed by atoms with Crippen molar-refractivity contribution in [2.75, 3.05) is 0 Å². The average molecular weight is 775 g/mol. The predicted octanol–water partition coefficient (Wildman–Crippen LogP) is 5.16. The van der Waals surface area contributed by atoms with Crippen LogP contribution in [0.15, 0.2) is 79.0 Å². The Bertz CT molecular complexity index is 1670. The molecule has 0 amide bonds. The Morgan fingerprint density at radius 1 is 0.750 bits per heavy atom. The van der Waals surface area contributed by atoms with Gasteiger partial charge in [-0.25, -0.2) is 0 Å². The first-order valence-corrected chi connectivity index (χ1v) is 13.3. The zero-order chi connectivity index (χ0) is 31.1. The molecule has 0 saturated heterocycles. The monoisotopic (exact) mass is 775 g/mol. The normalized spacial score (nSPS) is 10.7. The number of hydrogen-bond donors (Lipinski definition) is 0. The van der Waals surface area contributed by atoms with Crippen LogP contribution in [0.3, 0.4) is 0 Å². The Kier molecular flexibility index (Phi) is 11.6. The fourth-order valence-corrected chi connectivity index (χ4v) is 4.00. The number of para-hydroxylation sites is 2. The summed E-state index contributed by atoms with van der Waals surface area (Å²) < 4.78 is 44.6. The minimum atomic E-state index is -4.46. The van der Waals surface area contributed by atoms with E-state index in [0.29, 0.717) is 5.69 Å². The van der Waals surface area contributed by atoms with Gasteiger partial charge in [0.25, 0.3) is 0 Å². The second-order valence-electron chi connectivity index (χ2n) is 9.65. The zero-order valence-electron chi connectivity index (χ0n) is 25.1. The quantitative estimate of drug-likeness (QED) is 0.185. The van der Waals surface area contributed by atoms with E-state index in [1.54, 1.807) is 18.2 Å². The van der Waals surface area contributed by atoms with Gasteiger partial charge in [-0.2, -0.15) is 73.8 Å². The standard InChI is InChI=1S/2C12H13N2.C9H5F3N3.Ir/c2*1-10-11(2)14(9-13(10)3)12-7-5-4-6-8-12;10-9(11,12)8-5-7(14-15-8)6-3-1-2-4-13-6;/h2*4-7H,1-3H3;1-5H;/q3*-1;. The molecule has 0 bridgehead atoms. The smallest absolute Gasteiger partial charge is 0.431 e. The van der Waals surface area contributed by atoms with Crippen LogP contribution in [-0.4, -0.2) is 19.2 Å². The maximum absolute atomic E-state index is 12.2. The summed E-state index contributed by atoms with van der Waals surface area (Å²) in [4.78, 5) is 3.87. The molecule has 0 N–H and O–H groups in total. The van der Waals surface area contributed by atoms with Crippen molar-refractivity contribution in [1.29, 1.82) is 0 Å². The van der Waals surface area contributed by atoms with E-state index in [9.17, 15) is 13.2 Å². The van der Waals surface area contributed by atoms with Crippen LogP contribution < -0.4 is 14.2 Å². The third kappa shape index (κ3) is 8.18. The molecule has 7 nitrogen and oxygen atoms in total. The number of imidazole rings is 2. The molecular weight excluding hydrogens is 744 g/mol. The van der Waals surface area contributed by atoms with E-state index in [4.69, 9.17) is 0 Å². The molecule has 0 saturated carbocycles. The number of rotatable bonds is 3. The molecular formula is C33H31F3IrN7-3. The van der Waals surface area contributed by atoms with Gasteiger partial charge in [-0.15, -0.1) is 0 Å². The molecule has 11 heteroatoms. The molecule has 0 spiro atoms. The Labute approximate surface area is 269 Å². The molecule has 2 aromatic carbocycles. The summed E-state index contributed by atoms with van der Waals surface area (Å²) in [7, 11) is 4.00. The van der Waals surface area contributed by atoms with Gasteiger partial charge >= 0.3 is 6.18 Å². The van der Waals surface area contributed by atoms with Crippen molar-refractivity contribution in [2.45, 2.75) is 33.9 Å². The van der Waals surface area contributed by atoms with Crippen LogP contribution >= 0.6 is 0 Å². The molecule has 0 fully saturated rings. The average Bonchev–Trinajstić information content (AvgIpc) is 3.70. The van der Waals surface area contributed by atoms with Gasteiger partial charge < -0.3 is 28.5 Å². The number of halogens is 3. The number of aryl methyl sites for hydroxylation is 2. The zero-order valence-corrected chi connectivity index (χ0v) is 27.5. The molecule has 0 aliphatic carbocycles. The van der Waals surface area contributed by atoms with Crippen molar-refractivity contribution in [1.82, 2.24) is 24.3 Å². The van der Waals surface area contributed by atoms with Gasteiger partial charge in [0.2, 0.25) is 12.7 Å². The fraction of sp³-hybridized carbons (Fsp3) is 0.212. The van der Waals surface area contributed by atoms with Crippen LogP contribution in [0, 0.1) is 52.5 Å². The van der Waals surface area contributed by atoms with Crippen LogP contribution in [0.1, 0.15) is 28.5 Å². The Hall–Kier alpha value is -4.34. The van der Waals surface area contributed by atoms with Crippen LogP contribution in [0.5, 0.6) is 0 Å². The van der Waals surface area contributed by atoms with Gasteiger partial charge in [-0.3, -0.25) is 4.98 Å². The Morgan fingerprint density at radius 2 is 1.25 bits per heavy atom. The molecule has 0 aliphatic rings. The van der Waals surface area contributed by atoms with E-state index in [1.165, 1.54) is 29.0 Å². The number of alkyl halides is 3. The van der Waals surface area contributed by atoms with E-state index < -0.39 is 11.9 Å². The summed E-state index contributed by atoms with van der Waals surface area (Å²) in [5, 5.41) is 6.47. The summed E-state index contributed by atoms with van der Waals surface area (Å²) in [6.45, 7) is 8.36. The Balaban J connectivity index is 0.000000178. The van der Waals surface area contributed by atoms with Gasteiger partial charge in [0, 0.05) is 54.8 Å². The molecule has 0 atom stereocenters. The van der Waals surface area contributed by atoms with E-state index in [1.807, 2.05) is 80.9 Å². The Morgan fingerprint density at radius 3 is 1.59 bits per heavy atom. The van der Waals surface area contributed by atoms with Crippen LogP contribution in [0.25, 0.3) is 22.8 Å². The molecule has 44 heavy (non-hydrogen) atoms. The largest absolute Gasteiger partial charge is 0.573 e. The number of hydrogen-bond acceptors (Lipinski definition) is 2.